The summed E-state index contributed by atoms with van der Waals surface area (Å²) >= 11 is 0. The van der Waals surface area contributed by atoms with Crippen LogP contribution in [-0.2, 0) is 22.6 Å². The number of carbonyl (C=O) groups is 1. The molecular formula is C41H47N3O5. The molecule has 1 N–H and O–H groups in total. The maximum Gasteiger partial charge on any atom is 0.251 e. The molecule has 4 aromatic rings. The first kappa shape index (κ1) is 34.1. The second-order valence-electron chi connectivity index (χ2n) is 12.6. The van der Waals surface area contributed by atoms with E-state index in [2.05, 4.69) is 58.6 Å². The Morgan fingerprint density at radius 1 is 0.939 bits per heavy atom. The first-order valence-corrected chi connectivity index (χ1v) is 17.2. The Labute approximate surface area is 290 Å². The van der Waals surface area contributed by atoms with Gasteiger partial charge in [-0.05, 0) is 105 Å². The first-order valence-electron chi connectivity index (χ1n) is 17.2. The van der Waals surface area contributed by atoms with E-state index >= 15 is 0 Å². The molecule has 2 heterocycles. The van der Waals surface area contributed by atoms with E-state index in [0.29, 0.717) is 32.2 Å². The average molecular weight is 662 g/mol. The van der Waals surface area contributed by atoms with E-state index in [0.717, 1.165) is 89.1 Å². The fourth-order valence-corrected chi connectivity index (χ4v) is 6.75. The molecule has 6 rings (SSSR count). The van der Waals surface area contributed by atoms with Gasteiger partial charge in [0.2, 0.25) is 0 Å². The van der Waals surface area contributed by atoms with Crippen molar-refractivity contribution in [1.82, 2.24) is 4.90 Å². The Bertz CT molecular complexity index is 1760. The summed E-state index contributed by atoms with van der Waals surface area (Å²) in [6.07, 6.45) is 4.74. The van der Waals surface area contributed by atoms with Gasteiger partial charge in [0.1, 0.15) is 17.2 Å². The van der Waals surface area contributed by atoms with Crippen molar-refractivity contribution >= 4 is 23.4 Å². The van der Waals surface area contributed by atoms with E-state index in [1.165, 1.54) is 5.56 Å². The highest BCUT2D eigenvalue weighted by Gasteiger charge is 2.23. The highest BCUT2D eigenvalue weighted by Crippen LogP contribution is 2.37. The highest BCUT2D eigenvalue weighted by molar-refractivity contribution is 6.07. The number of fused-ring (bicyclic) bond motifs is 1. The largest absolute Gasteiger partial charge is 0.497 e. The van der Waals surface area contributed by atoms with Gasteiger partial charge in [-0.25, -0.2) is 0 Å². The molecule has 2 aliphatic heterocycles. The summed E-state index contributed by atoms with van der Waals surface area (Å²) in [6, 6.07) is 29.1. The summed E-state index contributed by atoms with van der Waals surface area (Å²) in [6.45, 7) is 6.34. The summed E-state index contributed by atoms with van der Waals surface area (Å²) in [5, 5.41) is 3.17. The summed E-state index contributed by atoms with van der Waals surface area (Å²) in [4.78, 5) is 18.6. The number of carbonyl (C=O) groups excluding carboxylic acids is 1. The van der Waals surface area contributed by atoms with Crippen molar-refractivity contribution in [3.63, 3.8) is 0 Å². The van der Waals surface area contributed by atoms with E-state index in [4.69, 9.17) is 18.9 Å². The Hall–Kier alpha value is -4.79. The maximum absolute atomic E-state index is 13.9. The van der Waals surface area contributed by atoms with Crippen molar-refractivity contribution in [3.8, 4) is 28.4 Å². The van der Waals surface area contributed by atoms with Crippen LogP contribution in [-0.4, -0.2) is 64.5 Å². The summed E-state index contributed by atoms with van der Waals surface area (Å²) < 4.78 is 22.8. The molecule has 2 aliphatic rings. The summed E-state index contributed by atoms with van der Waals surface area (Å²) in [5.41, 5.74) is 7.79. The van der Waals surface area contributed by atoms with Crippen molar-refractivity contribution in [2.75, 3.05) is 57.8 Å². The molecule has 1 saturated heterocycles. The third-order valence-corrected chi connectivity index (χ3v) is 9.45. The maximum atomic E-state index is 13.9. The number of hydrogen-bond donors (Lipinski definition) is 1. The molecule has 49 heavy (non-hydrogen) atoms. The molecule has 0 saturated carbocycles. The van der Waals surface area contributed by atoms with Gasteiger partial charge in [0.05, 0.1) is 20.8 Å². The fourth-order valence-electron chi connectivity index (χ4n) is 6.75. The Balaban J connectivity index is 1.26. The lowest BCUT2D eigenvalue weighted by Crippen LogP contribution is -2.36. The van der Waals surface area contributed by atoms with Gasteiger partial charge in [-0.1, -0.05) is 36.4 Å². The molecule has 1 fully saturated rings. The van der Waals surface area contributed by atoms with Crippen molar-refractivity contribution in [2.45, 2.75) is 45.3 Å². The molecule has 0 bridgehead atoms. The summed E-state index contributed by atoms with van der Waals surface area (Å²) in [5.74, 6) is 2.30. The van der Waals surface area contributed by atoms with Gasteiger partial charge in [-0.15, -0.1) is 0 Å². The van der Waals surface area contributed by atoms with Gasteiger partial charge in [0.25, 0.3) is 5.91 Å². The van der Waals surface area contributed by atoms with Crippen molar-refractivity contribution in [3.05, 3.63) is 107 Å². The lowest BCUT2D eigenvalue weighted by Gasteiger charge is -2.31. The number of para-hydroxylation sites is 1. The molecule has 0 aromatic heterocycles. The number of ether oxygens (including phenoxy) is 4. The molecule has 1 amide bonds. The Morgan fingerprint density at radius 3 is 2.49 bits per heavy atom. The predicted molar refractivity (Wildman–Crippen MR) is 197 cm³/mol. The van der Waals surface area contributed by atoms with Crippen LogP contribution in [0.25, 0.3) is 17.2 Å². The van der Waals surface area contributed by atoms with Gasteiger partial charge < -0.3 is 29.2 Å². The number of benzene rings is 4. The zero-order valence-electron chi connectivity index (χ0n) is 29.0. The number of rotatable bonds is 12. The second-order valence-corrected chi connectivity index (χ2v) is 12.6. The summed E-state index contributed by atoms with van der Waals surface area (Å²) in [7, 11) is 5.53. The molecule has 256 valence electrons. The molecule has 0 spiro atoms. The molecule has 8 nitrogen and oxygen atoms in total. The lowest BCUT2D eigenvalue weighted by molar-refractivity contribution is -0.112. The van der Waals surface area contributed by atoms with E-state index in [-0.39, 0.29) is 5.91 Å². The van der Waals surface area contributed by atoms with Crippen LogP contribution >= 0.6 is 0 Å². The average Bonchev–Trinajstić information content (AvgIpc) is 3.32. The number of anilines is 2. The van der Waals surface area contributed by atoms with Gasteiger partial charge in [-0.3, -0.25) is 9.69 Å². The Kier molecular flexibility index (Phi) is 11.2. The normalized spacial score (nSPS) is 14.9. The molecule has 0 unspecified atom stereocenters. The van der Waals surface area contributed by atoms with Crippen LogP contribution in [0.15, 0.2) is 90.5 Å². The lowest BCUT2D eigenvalue weighted by atomic mass is 9.99. The van der Waals surface area contributed by atoms with E-state index in [9.17, 15) is 4.79 Å². The fraction of sp³-hybridized carbons (Fsp3) is 0.341. The zero-order chi connectivity index (χ0) is 34.2. The number of amides is 1. The minimum Gasteiger partial charge on any atom is -0.497 e. The first-order chi connectivity index (χ1) is 23.9. The van der Waals surface area contributed by atoms with Gasteiger partial charge in [-0.2, -0.15) is 0 Å². The minimum atomic E-state index is -0.0982. The third kappa shape index (κ3) is 8.27. The van der Waals surface area contributed by atoms with Crippen molar-refractivity contribution in [2.24, 2.45) is 0 Å². The van der Waals surface area contributed by atoms with Crippen LogP contribution in [0.5, 0.6) is 17.2 Å². The highest BCUT2D eigenvalue weighted by atomic mass is 16.5. The molecule has 4 aromatic carbocycles. The topological polar surface area (TPSA) is 72.5 Å². The number of methoxy groups -OCH3 is 2. The monoisotopic (exact) mass is 661 g/mol. The van der Waals surface area contributed by atoms with Crippen LogP contribution in [0.1, 0.15) is 42.9 Å². The third-order valence-electron chi connectivity index (χ3n) is 9.45. The second kappa shape index (κ2) is 16.1. The minimum absolute atomic E-state index is 0.0982. The molecule has 0 atom stereocenters. The van der Waals surface area contributed by atoms with Gasteiger partial charge in [0, 0.05) is 67.0 Å². The van der Waals surface area contributed by atoms with Gasteiger partial charge in [0.15, 0.2) is 0 Å². The molecule has 0 radical (unpaired) electrons. The van der Waals surface area contributed by atoms with Crippen LogP contribution in [0.4, 0.5) is 11.4 Å². The quantitative estimate of drug-likeness (QED) is 0.166. The van der Waals surface area contributed by atoms with Crippen LogP contribution < -0.4 is 24.4 Å². The van der Waals surface area contributed by atoms with E-state index < -0.39 is 0 Å². The van der Waals surface area contributed by atoms with Crippen molar-refractivity contribution < 1.29 is 23.7 Å². The molecule has 8 heteroatoms. The van der Waals surface area contributed by atoms with E-state index in [1.807, 2.05) is 61.5 Å². The molecule has 0 aliphatic carbocycles. The van der Waals surface area contributed by atoms with E-state index in [1.54, 1.807) is 14.2 Å². The van der Waals surface area contributed by atoms with Crippen LogP contribution in [0, 0.1) is 0 Å². The van der Waals surface area contributed by atoms with Crippen LogP contribution in [0.2, 0.25) is 0 Å². The number of hydrogen-bond acceptors (Lipinski definition) is 7. The smallest absolute Gasteiger partial charge is 0.251 e. The standard InChI is InChI=1S/C41H47N3O5/c1-5-49-40-9-7-6-8-37(40)30-12-16-38-32(24-30)25-31(18-21-44(38)28-33-26-36(46-3)15-17-39(33)47-4)41(45)42-34-13-10-29(11-14-34)27-43(2)35-19-22-48-23-20-35/h6-17,24-26,35H,5,18-23,27-28H2,1-4H3,(H,42,45). The predicted octanol–water partition coefficient (Wildman–Crippen LogP) is 7.81. The number of nitrogens with one attached hydrogen (secondary N) is 1. The zero-order valence-corrected chi connectivity index (χ0v) is 29.0. The van der Waals surface area contributed by atoms with Crippen LogP contribution in [0.3, 0.4) is 0 Å². The SMILES string of the molecule is CCOc1ccccc1-c1ccc2c(c1)C=C(C(=O)Nc1ccc(CN(C)C3CCOCC3)cc1)CCN2Cc1cc(OC)ccc1OC. The van der Waals surface area contributed by atoms with Crippen molar-refractivity contribution in [1.29, 1.82) is 0 Å². The number of nitrogens with zero attached hydrogens (tertiary/aromatic N) is 2. The molecular weight excluding hydrogens is 614 g/mol. The Morgan fingerprint density at radius 2 is 1.73 bits per heavy atom. The van der Waals surface area contributed by atoms with Gasteiger partial charge >= 0.3 is 0 Å².